The minimum atomic E-state index is 0.0434. The maximum atomic E-state index is 13.3. The highest BCUT2D eigenvalue weighted by molar-refractivity contribution is 5.94. The highest BCUT2D eigenvalue weighted by Gasteiger charge is 2.24. The van der Waals surface area contributed by atoms with E-state index in [9.17, 15) is 4.79 Å². The van der Waals surface area contributed by atoms with Crippen LogP contribution in [0.4, 0.5) is 0 Å². The Hall–Kier alpha value is -3.08. The van der Waals surface area contributed by atoms with Crippen LogP contribution in [0.2, 0.25) is 0 Å². The molecule has 0 unspecified atom stereocenters. The van der Waals surface area contributed by atoms with Gasteiger partial charge in [-0.15, -0.1) is 0 Å². The van der Waals surface area contributed by atoms with Crippen LogP contribution in [-0.4, -0.2) is 40.8 Å². The van der Waals surface area contributed by atoms with Crippen molar-refractivity contribution in [3.63, 3.8) is 0 Å². The molecule has 4 rings (SSSR count). The largest absolute Gasteiger partial charge is 0.497 e. The molecule has 0 bridgehead atoms. The molecule has 1 aliphatic heterocycles. The fourth-order valence-electron chi connectivity index (χ4n) is 3.60. The Balaban J connectivity index is 1.79. The van der Waals surface area contributed by atoms with Gasteiger partial charge in [0, 0.05) is 18.7 Å². The zero-order valence-corrected chi connectivity index (χ0v) is 16.4. The zero-order valence-electron chi connectivity index (χ0n) is 16.4. The van der Waals surface area contributed by atoms with Crippen molar-refractivity contribution in [2.24, 2.45) is 0 Å². The van der Waals surface area contributed by atoms with Crippen LogP contribution in [0.25, 0.3) is 16.9 Å². The molecule has 5 heteroatoms. The van der Waals surface area contributed by atoms with Crippen LogP contribution in [0.3, 0.4) is 0 Å². The molecular weight excluding hydrogens is 350 g/mol. The van der Waals surface area contributed by atoms with E-state index < -0.39 is 0 Å². The quantitative estimate of drug-likeness (QED) is 0.675. The van der Waals surface area contributed by atoms with Gasteiger partial charge in [-0.05, 0) is 56.5 Å². The Morgan fingerprint density at radius 2 is 1.75 bits per heavy atom. The van der Waals surface area contributed by atoms with Crippen molar-refractivity contribution in [2.45, 2.75) is 26.2 Å². The van der Waals surface area contributed by atoms with E-state index >= 15 is 0 Å². The van der Waals surface area contributed by atoms with Gasteiger partial charge in [0.2, 0.25) is 0 Å². The van der Waals surface area contributed by atoms with E-state index in [1.807, 2.05) is 66.4 Å². The fourth-order valence-corrected chi connectivity index (χ4v) is 3.60. The molecule has 2 aromatic carbocycles. The van der Waals surface area contributed by atoms with Gasteiger partial charge >= 0.3 is 0 Å². The number of piperidine rings is 1. The number of carbonyl (C=O) groups is 1. The number of aromatic nitrogens is 2. The number of carbonyl (C=O) groups excluding carboxylic acids is 1. The van der Waals surface area contributed by atoms with E-state index in [0.717, 1.165) is 48.6 Å². The number of aryl methyl sites for hydroxylation is 1. The summed E-state index contributed by atoms with van der Waals surface area (Å²) in [5, 5.41) is 4.79. The monoisotopic (exact) mass is 375 g/mol. The van der Waals surface area contributed by atoms with Gasteiger partial charge in [-0.3, -0.25) is 4.79 Å². The van der Waals surface area contributed by atoms with Gasteiger partial charge < -0.3 is 9.64 Å². The van der Waals surface area contributed by atoms with Crippen LogP contribution in [-0.2, 0) is 0 Å². The Morgan fingerprint density at radius 3 is 2.46 bits per heavy atom. The van der Waals surface area contributed by atoms with Crippen LogP contribution in [0.15, 0.2) is 54.6 Å². The van der Waals surface area contributed by atoms with Crippen molar-refractivity contribution in [3.05, 3.63) is 65.9 Å². The second-order valence-corrected chi connectivity index (χ2v) is 7.25. The van der Waals surface area contributed by atoms with Gasteiger partial charge in [0.25, 0.3) is 5.91 Å². The zero-order chi connectivity index (χ0) is 19.5. The van der Waals surface area contributed by atoms with E-state index in [1.165, 1.54) is 12.0 Å². The molecule has 2 heterocycles. The molecule has 1 saturated heterocycles. The summed E-state index contributed by atoms with van der Waals surface area (Å²) in [6.45, 7) is 3.67. The standard InChI is InChI=1S/C23H25N3O2/c1-17-9-11-19(12-10-17)26-22(23(27)25-13-4-3-5-14-25)16-21(24-26)18-7-6-8-20(15-18)28-2/h6-12,15-16H,3-5,13-14H2,1-2H3. The molecule has 0 radical (unpaired) electrons. The highest BCUT2D eigenvalue weighted by Crippen LogP contribution is 2.26. The molecule has 0 spiro atoms. The molecule has 0 N–H and O–H groups in total. The van der Waals surface area contributed by atoms with Crippen molar-refractivity contribution in [1.29, 1.82) is 0 Å². The van der Waals surface area contributed by atoms with E-state index in [0.29, 0.717) is 5.69 Å². The Morgan fingerprint density at radius 1 is 1.00 bits per heavy atom. The van der Waals surface area contributed by atoms with Gasteiger partial charge in [0.05, 0.1) is 18.5 Å². The van der Waals surface area contributed by atoms with Crippen molar-refractivity contribution in [1.82, 2.24) is 14.7 Å². The van der Waals surface area contributed by atoms with Crippen LogP contribution in [0.5, 0.6) is 5.75 Å². The topological polar surface area (TPSA) is 47.4 Å². The lowest BCUT2D eigenvalue weighted by molar-refractivity contribution is 0.0715. The number of amides is 1. The third-order valence-electron chi connectivity index (χ3n) is 5.22. The summed E-state index contributed by atoms with van der Waals surface area (Å²) in [4.78, 5) is 15.2. The van der Waals surface area contributed by atoms with E-state index in [-0.39, 0.29) is 5.91 Å². The number of likely N-dealkylation sites (tertiary alicyclic amines) is 1. The summed E-state index contributed by atoms with van der Waals surface area (Å²) < 4.78 is 7.11. The predicted octanol–water partition coefficient (Wildman–Crippen LogP) is 4.48. The smallest absolute Gasteiger partial charge is 0.272 e. The van der Waals surface area contributed by atoms with E-state index in [4.69, 9.17) is 9.84 Å². The molecule has 3 aromatic rings. The van der Waals surface area contributed by atoms with Crippen molar-refractivity contribution in [2.75, 3.05) is 20.2 Å². The molecule has 1 aromatic heterocycles. The normalized spacial score (nSPS) is 14.1. The SMILES string of the molecule is COc1cccc(-c2cc(C(=O)N3CCCCC3)n(-c3ccc(C)cc3)n2)c1. The molecule has 144 valence electrons. The molecule has 1 aliphatic rings. The number of hydrogen-bond donors (Lipinski definition) is 0. The third-order valence-corrected chi connectivity index (χ3v) is 5.22. The first-order chi connectivity index (χ1) is 13.7. The fraction of sp³-hybridized carbons (Fsp3) is 0.304. The van der Waals surface area contributed by atoms with Crippen molar-refractivity contribution < 1.29 is 9.53 Å². The first-order valence-corrected chi connectivity index (χ1v) is 9.76. The van der Waals surface area contributed by atoms with Gasteiger partial charge in [0.15, 0.2) is 0 Å². The predicted molar refractivity (Wildman–Crippen MR) is 110 cm³/mol. The minimum Gasteiger partial charge on any atom is -0.497 e. The molecule has 0 saturated carbocycles. The van der Waals surface area contributed by atoms with Crippen LogP contribution in [0, 0.1) is 6.92 Å². The van der Waals surface area contributed by atoms with E-state index in [1.54, 1.807) is 11.8 Å². The van der Waals surface area contributed by atoms with Crippen LogP contribution >= 0.6 is 0 Å². The molecule has 28 heavy (non-hydrogen) atoms. The molecule has 0 atom stereocenters. The highest BCUT2D eigenvalue weighted by atomic mass is 16.5. The lowest BCUT2D eigenvalue weighted by Crippen LogP contribution is -2.36. The Labute approximate surface area is 165 Å². The number of ether oxygens (including phenoxy) is 1. The Bertz CT molecular complexity index is 970. The number of hydrogen-bond acceptors (Lipinski definition) is 3. The third kappa shape index (κ3) is 3.65. The van der Waals surface area contributed by atoms with E-state index in [2.05, 4.69) is 0 Å². The summed E-state index contributed by atoms with van der Waals surface area (Å²) in [6.07, 6.45) is 3.32. The maximum Gasteiger partial charge on any atom is 0.272 e. The summed E-state index contributed by atoms with van der Waals surface area (Å²) in [5.41, 5.74) is 4.36. The first-order valence-electron chi connectivity index (χ1n) is 9.76. The number of rotatable bonds is 4. The number of methoxy groups -OCH3 is 1. The second-order valence-electron chi connectivity index (χ2n) is 7.25. The molecule has 5 nitrogen and oxygen atoms in total. The minimum absolute atomic E-state index is 0.0434. The summed E-state index contributed by atoms with van der Waals surface area (Å²) in [5.74, 6) is 0.813. The van der Waals surface area contributed by atoms with Crippen molar-refractivity contribution >= 4 is 5.91 Å². The molecule has 1 amide bonds. The van der Waals surface area contributed by atoms with Gasteiger partial charge in [-0.2, -0.15) is 5.10 Å². The van der Waals surface area contributed by atoms with Gasteiger partial charge in [-0.25, -0.2) is 4.68 Å². The second kappa shape index (κ2) is 7.89. The summed E-state index contributed by atoms with van der Waals surface area (Å²) in [7, 11) is 1.65. The maximum absolute atomic E-state index is 13.3. The summed E-state index contributed by atoms with van der Waals surface area (Å²) >= 11 is 0. The summed E-state index contributed by atoms with van der Waals surface area (Å²) in [6, 6.07) is 17.7. The number of nitrogens with zero attached hydrogens (tertiary/aromatic N) is 3. The van der Waals surface area contributed by atoms with Crippen molar-refractivity contribution in [3.8, 4) is 22.7 Å². The van der Waals surface area contributed by atoms with Gasteiger partial charge in [-0.1, -0.05) is 29.8 Å². The average Bonchev–Trinajstić information content (AvgIpc) is 3.20. The van der Waals surface area contributed by atoms with Crippen LogP contribution < -0.4 is 4.74 Å². The Kier molecular flexibility index (Phi) is 5.15. The van der Waals surface area contributed by atoms with Crippen LogP contribution in [0.1, 0.15) is 35.3 Å². The lowest BCUT2D eigenvalue weighted by atomic mass is 10.1. The molecule has 0 aliphatic carbocycles. The first kappa shape index (κ1) is 18.3. The number of benzene rings is 2. The average molecular weight is 375 g/mol. The lowest BCUT2D eigenvalue weighted by Gasteiger charge is -2.26. The molecule has 1 fully saturated rings. The van der Waals surface area contributed by atoms with Gasteiger partial charge in [0.1, 0.15) is 11.4 Å². The molecular formula is C23H25N3O2.